The summed E-state index contributed by atoms with van der Waals surface area (Å²) in [5, 5.41) is 0.474. The van der Waals surface area contributed by atoms with Crippen molar-refractivity contribution in [2.75, 3.05) is 19.7 Å². The molecule has 1 aromatic rings. The lowest BCUT2D eigenvalue weighted by atomic mass is 9.88. The molecule has 1 aromatic heterocycles. The Balaban J connectivity index is 1.80. The highest BCUT2D eigenvalue weighted by Crippen LogP contribution is 2.34. The molecule has 1 spiro atoms. The van der Waals surface area contributed by atoms with Gasteiger partial charge in [-0.1, -0.05) is 11.6 Å². The smallest absolute Gasteiger partial charge is 0.255 e. The van der Waals surface area contributed by atoms with Gasteiger partial charge in [-0.25, -0.2) is 0 Å². The van der Waals surface area contributed by atoms with Crippen LogP contribution in [0.2, 0.25) is 5.02 Å². The van der Waals surface area contributed by atoms with Crippen molar-refractivity contribution >= 4 is 17.5 Å². The third-order valence-corrected chi connectivity index (χ3v) is 4.47. The molecule has 3 atom stereocenters. The van der Waals surface area contributed by atoms with Gasteiger partial charge in [0.1, 0.15) is 0 Å². The maximum Gasteiger partial charge on any atom is 0.255 e. The van der Waals surface area contributed by atoms with Crippen LogP contribution in [-0.2, 0) is 9.47 Å². The monoisotopic (exact) mass is 324 g/mol. The molecule has 0 unspecified atom stereocenters. The standard InChI is InChI=1S/C16H21ClN2O3/c1-11-6-16(3-4-21-11)10-19(9-12(2)22-16)15(20)13-5-14(17)8-18-7-13/h5,7-8,11-12H,3-4,6,9-10H2,1-2H3/t11-,12+,16+/m1/s1. The third kappa shape index (κ3) is 3.26. The number of pyridine rings is 1. The number of hydrogen-bond acceptors (Lipinski definition) is 4. The van der Waals surface area contributed by atoms with E-state index in [9.17, 15) is 4.79 Å². The largest absolute Gasteiger partial charge is 0.378 e. The lowest BCUT2D eigenvalue weighted by Crippen LogP contribution is -2.59. The summed E-state index contributed by atoms with van der Waals surface area (Å²) in [5.74, 6) is -0.0383. The molecule has 1 amide bonds. The highest BCUT2D eigenvalue weighted by molar-refractivity contribution is 6.30. The van der Waals surface area contributed by atoms with Gasteiger partial charge in [-0.05, 0) is 19.9 Å². The van der Waals surface area contributed by atoms with Crippen LogP contribution < -0.4 is 0 Å². The second-order valence-corrected chi connectivity index (χ2v) is 6.76. The average molecular weight is 325 g/mol. The van der Waals surface area contributed by atoms with Crippen LogP contribution in [0.15, 0.2) is 18.5 Å². The highest BCUT2D eigenvalue weighted by atomic mass is 35.5. The van der Waals surface area contributed by atoms with Crippen LogP contribution in [0, 0.1) is 0 Å². The first-order valence-electron chi connectivity index (χ1n) is 7.67. The fourth-order valence-corrected chi connectivity index (χ4v) is 3.65. The van der Waals surface area contributed by atoms with Gasteiger partial charge in [-0.2, -0.15) is 0 Å². The van der Waals surface area contributed by atoms with E-state index in [-0.39, 0.29) is 23.7 Å². The first kappa shape index (κ1) is 15.7. The Kier molecular flexibility index (Phi) is 4.39. The van der Waals surface area contributed by atoms with Gasteiger partial charge >= 0.3 is 0 Å². The summed E-state index contributed by atoms with van der Waals surface area (Å²) in [6, 6.07) is 1.66. The van der Waals surface area contributed by atoms with Crippen LogP contribution >= 0.6 is 11.6 Å². The van der Waals surface area contributed by atoms with Crippen molar-refractivity contribution in [3.05, 3.63) is 29.0 Å². The van der Waals surface area contributed by atoms with Gasteiger partial charge in [0.25, 0.3) is 5.91 Å². The van der Waals surface area contributed by atoms with Gasteiger partial charge in [-0.3, -0.25) is 9.78 Å². The molecule has 2 aliphatic rings. The van der Waals surface area contributed by atoms with E-state index in [0.29, 0.717) is 30.3 Å². The summed E-state index contributed by atoms with van der Waals surface area (Å²) in [6.07, 6.45) is 4.89. The fraction of sp³-hybridized carbons (Fsp3) is 0.625. The fourth-order valence-electron chi connectivity index (χ4n) is 3.47. The zero-order valence-corrected chi connectivity index (χ0v) is 13.7. The number of morpholine rings is 1. The first-order valence-corrected chi connectivity index (χ1v) is 8.04. The summed E-state index contributed by atoms with van der Waals surface area (Å²) in [5.41, 5.74) is 0.230. The van der Waals surface area contributed by atoms with Gasteiger partial charge in [-0.15, -0.1) is 0 Å². The van der Waals surface area contributed by atoms with Crippen LogP contribution in [-0.4, -0.2) is 53.3 Å². The van der Waals surface area contributed by atoms with E-state index in [1.165, 1.54) is 6.20 Å². The normalized spacial score (nSPS) is 32.2. The first-order chi connectivity index (χ1) is 10.5. The van der Waals surface area contributed by atoms with Crippen molar-refractivity contribution in [3.63, 3.8) is 0 Å². The maximum absolute atomic E-state index is 12.7. The van der Waals surface area contributed by atoms with Gasteiger partial charge in [0, 0.05) is 38.4 Å². The quantitative estimate of drug-likeness (QED) is 0.796. The molecular formula is C16H21ClN2O3. The molecule has 0 aliphatic carbocycles. The summed E-state index contributed by atoms with van der Waals surface area (Å²) >= 11 is 5.94. The van der Waals surface area contributed by atoms with Crippen LogP contribution in [0.1, 0.15) is 37.0 Å². The van der Waals surface area contributed by atoms with Crippen LogP contribution in [0.3, 0.4) is 0 Å². The van der Waals surface area contributed by atoms with Gasteiger partial charge < -0.3 is 14.4 Å². The molecule has 0 aromatic carbocycles. The van der Waals surface area contributed by atoms with E-state index < -0.39 is 0 Å². The summed E-state index contributed by atoms with van der Waals surface area (Å²) < 4.78 is 11.8. The number of nitrogens with zero attached hydrogens (tertiary/aromatic N) is 2. The third-order valence-electron chi connectivity index (χ3n) is 4.27. The second kappa shape index (κ2) is 6.14. The number of amides is 1. The zero-order valence-electron chi connectivity index (χ0n) is 12.9. The minimum Gasteiger partial charge on any atom is -0.378 e. The van der Waals surface area contributed by atoms with Crippen molar-refractivity contribution in [3.8, 4) is 0 Å². The van der Waals surface area contributed by atoms with E-state index >= 15 is 0 Å². The molecule has 0 saturated carbocycles. The molecule has 3 rings (SSSR count). The lowest BCUT2D eigenvalue weighted by molar-refractivity contribution is -0.189. The van der Waals surface area contributed by atoms with Crippen molar-refractivity contribution in [1.82, 2.24) is 9.88 Å². The number of aromatic nitrogens is 1. The molecule has 2 aliphatic heterocycles. The Labute approximate surface area is 135 Å². The number of carbonyl (C=O) groups is 1. The average Bonchev–Trinajstić information content (AvgIpc) is 2.45. The number of hydrogen-bond donors (Lipinski definition) is 0. The van der Waals surface area contributed by atoms with E-state index in [1.54, 1.807) is 12.3 Å². The highest BCUT2D eigenvalue weighted by Gasteiger charge is 2.44. The Hall–Kier alpha value is -1.17. The number of rotatable bonds is 1. The Morgan fingerprint density at radius 1 is 1.41 bits per heavy atom. The summed E-state index contributed by atoms with van der Waals surface area (Å²) in [4.78, 5) is 18.6. The molecular weight excluding hydrogens is 304 g/mol. The van der Waals surface area contributed by atoms with Gasteiger partial charge in [0.2, 0.25) is 0 Å². The van der Waals surface area contributed by atoms with Crippen molar-refractivity contribution in [1.29, 1.82) is 0 Å². The van der Waals surface area contributed by atoms with E-state index in [2.05, 4.69) is 11.9 Å². The minimum atomic E-state index is -0.295. The summed E-state index contributed by atoms with van der Waals surface area (Å²) in [7, 11) is 0. The van der Waals surface area contributed by atoms with Crippen LogP contribution in [0.5, 0.6) is 0 Å². The molecule has 0 N–H and O–H groups in total. The minimum absolute atomic E-state index is 0.00939. The molecule has 6 heteroatoms. The Bertz CT molecular complexity index is 564. The molecule has 3 heterocycles. The van der Waals surface area contributed by atoms with Crippen molar-refractivity contribution in [2.24, 2.45) is 0 Å². The molecule has 2 saturated heterocycles. The number of carbonyl (C=O) groups excluding carboxylic acids is 1. The Morgan fingerprint density at radius 3 is 2.95 bits per heavy atom. The van der Waals surface area contributed by atoms with E-state index in [1.807, 2.05) is 11.8 Å². The summed E-state index contributed by atoms with van der Waals surface area (Å²) in [6.45, 7) is 5.92. The molecule has 120 valence electrons. The predicted molar refractivity (Wildman–Crippen MR) is 83.1 cm³/mol. The topological polar surface area (TPSA) is 51.7 Å². The predicted octanol–water partition coefficient (Wildman–Crippen LogP) is 2.53. The SMILES string of the molecule is C[C@@H]1C[C@@]2(CCO1)CN(C(=O)c1cncc(Cl)c1)C[C@H](C)O2. The molecule has 22 heavy (non-hydrogen) atoms. The van der Waals surface area contributed by atoms with Crippen molar-refractivity contribution < 1.29 is 14.3 Å². The molecule has 5 nitrogen and oxygen atoms in total. The molecule has 0 radical (unpaired) electrons. The van der Waals surface area contributed by atoms with Crippen molar-refractivity contribution in [2.45, 2.75) is 44.5 Å². The van der Waals surface area contributed by atoms with E-state index in [0.717, 1.165) is 12.8 Å². The number of halogens is 1. The second-order valence-electron chi connectivity index (χ2n) is 6.32. The lowest BCUT2D eigenvalue weighted by Gasteiger charge is -2.48. The van der Waals surface area contributed by atoms with E-state index in [4.69, 9.17) is 21.1 Å². The van der Waals surface area contributed by atoms with Crippen LogP contribution in [0.25, 0.3) is 0 Å². The van der Waals surface area contributed by atoms with Gasteiger partial charge in [0.05, 0.1) is 34.9 Å². The van der Waals surface area contributed by atoms with Crippen LogP contribution in [0.4, 0.5) is 0 Å². The molecule has 2 fully saturated rings. The Morgan fingerprint density at radius 2 is 2.23 bits per heavy atom. The van der Waals surface area contributed by atoms with Gasteiger partial charge in [0.15, 0.2) is 0 Å². The maximum atomic E-state index is 12.7. The molecule has 0 bridgehead atoms. The number of ether oxygens (including phenoxy) is 2. The zero-order chi connectivity index (χ0) is 15.7.